The maximum absolute atomic E-state index is 11.1. The second-order valence-electron chi connectivity index (χ2n) is 1.57. The lowest BCUT2D eigenvalue weighted by Crippen LogP contribution is -1.86. The highest BCUT2D eigenvalue weighted by Crippen LogP contribution is 1.94. The Balaban J connectivity index is 2.61. The second kappa shape index (κ2) is 3.14. The fourth-order valence-electron chi connectivity index (χ4n) is 0.539. The van der Waals surface area contributed by atoms with Gasteiger partial charge in [0.15, 0.2) is 0 Å². The zero-order valence-electron chi connectivity index (χ0n) is 4.75. The third-order valence-electron chi connectivity index (χ3n) is 0.929. The molecule has 0 saturated heterocycles. The van der Waals surface area contributed by atoms with Crippen LogP contribution >= 0.6 is 0 Å². The first kappa shape index (κ1) is 6.16. The van der Waals surface area contributed by atoms with Crippen molar-refractivity contribution in [3.8, 4) is 0 Å². The first-order valence-electron chi connectivity index (χ1n) is 2.57. The molecule has 48 valence electrons. The van der Waals surface area contributed by atoms with Gasteiger partial charge in [-0.05, 0) is 16.7 Å². The zero-order chi connectivity index (χ0) is 6.53. The van der Waals surface area contributed by atoms with Crippen molar-refractivity contribution in [2.24, 2.45) is 0 Å². The molecule has 1 rings (SSSR count). The molecule has 0 atom stereocenters. The van der Waals surface area contributed by atoms with Crippen LogP contribution in [-0.4, -0.2) is 4.98 Å². The van der Waals surface area contributed by atoms with Gasteiger partial charge in [-0.2, -0.15) is 4.94 Å². The molecule has 0 spiro atoms. The van der Waals surface area contributed by atoms with Gasteiger partial charge >= 0.3 is 0 Å². The Kier molecular flexibility index (Phi) is 2.15. The molecular weight excluding hydrogens is 121 g/mol. The molecule has 9 heavy (non-hydrogen) atoms. The normalized spacial score (nSPS) is 9.44. The summed E-state index contributed by atoms with van der Waals surface area (Å²) in [5, 5.41) is 0. The summed E-state index contributed by atoms with van der Waals surface area (Å²) in [6.45, 7) is -0.0686. The van der Waals surface area contributed by atoms with E-state index in [4.69, 9.17) is 0 Å². The highest BCUT2D eigenvalue weighted by atomic mass is 19.3. The Labute approximate surface area is 52.2 Å². The first-order chi connectivity index (χ1) is 4.43. The van der Waals surface area contributed by atoms with Crippen molar-refractivity contribution in [2.45, 2.75) is 6.61 Å². The third kappa shape index (κ3) is 1.77. The quantitative estimate of drug-likeness (QED) is 0.600. The van der Waals surface area contributed by atoms with Crippen LogP contribution in [0.5, 0.6) is 0 Å². The van der Waals surface area contributed by atoms with E-state index in [9.17, 15) is 4.53 Å². The third-order valence-corrected chi connectivity index (χ3v) is 0.929. The molecule has 3 heteroatoms. The Hall–Kier alpha value is -0.960. The molecule has 0 fully saturated rings. The van der Waals surface area contributed by atoms with E-state index in [1.807, 2.05) is 0 Å². The van der Waals surface area contributed by atoms with Gasteiger partial charge < -0.3 is 0 Å². The monoisotopic (exact) mass is 127 g/mol. The highest BCUT2D eigenvalue weighted by Gasteiger charge is 1.89. The molecule has 1 aromatic heterocycles. The van der Waals surface area contributed by atoms with Crippen LogP contribution in [0.4, 0.5) is 4.53 Å². The van der Waals surface area contributed by atoms with Crippen molar-refractivity contribution in [1.82, 2.24) is 4.98 Å². The van der Waals surface area contributed by atoms with E-state index in [0.717, 1.165) is 0 Å². The molecule has 1 aromatic rings. The van der Waals surface area contributed by atoms with E-state index in [1.54, 1.807) is 24.4 Å². The average molecular weight is 127 g/mol. The number of pyridine rings is 1. The number of halogens is 1. The van der Waals surface area contributed by atoms with Crippen LogP contribution in [0.2, 0.25) is 0 Å². The van der Waals surface area contributed by atoms with Crippen molar-refractivity contribution >= 4 is 0 Å². The fourth-order valence-corrected chi connectivity index (χ4v) is 0.539. The molecule has 0 saturated carbocycles. The van der Waals surface area contributed by atoms with Crippen molar-refractivity contribution in [3.63, 3.8) is 0 Å². The molecule has 0 bridgehead atoms. The van der Waals surface area contributed by atoms with Gasteiger partial charge in [0.05, 0.1) is 5.69 Å². The fraction of sp³-hybridized carbons (Fsp3) is 0.167. The van der Waals surface area contributed by atoms with Gasteiger partial charge in [-0.25, -0.2) is 0 Å². The minimum atomic E-state index is -0.0686. The summed E-state index contributed by atoms with van der Waals surface area (Å²) in [5.41, 5.74) is 0.597. The van der Waals surface area contributed by atoms with Crippen molar-refractivity contribution in [1.29, 1.82) is 0 Å². The van der Waals surface area contributed by atoms with Gasteiger partial charge in [-0.1, -0.05) is 6.07 Å². The molecule has 0 aliphatic carbocycles. The van der Waals surface area contributed by atoms with Gasteiger partial charge in [0.2, 0.25) is 0 Å². The zero-order valence-corrected chi connectivity index (χ0v) is 4.75. The number of nitrogens with zero attached hydrogens (tertiary/aromatic N) is 1. The van der Waals surface area contributed by atoms with Crippen molar-refractivity contribution < 1.29 is 9.47 Å². The van der Waals surface area contributed by atoms with E-state index in [1.165, 1.54) is 0 Å². The molecule has 0 aliphatic rings. The summed E-state index contributed by atoms with van der Waals surface area (Å²) in [6, 6.07) is 5.24. The molecule has 0 N–H and O–H groups in total. The van der Waals surface area contributed by atoms with Gasteiger partial charge in [0.25, 0.3) is 0 Å². The number of hydrogen-bond donors (Lipinski definition) is 0. The van der Waals surface area contributed by atoms with E-state index in [0.29, 0.717) is 5.69 Å². The van der Waals surface area contributed by atoms with Gasteiger partial charge in [-0.3, -0.25) is 4.98 Å². The Morgan fingerprint density at radius 3 is 3.00 bits per heavy atom. The second-order valence-corrected chi connectivity index (χ2v) is 1.57. The van der Waals surface area contributed by atoms with Crippen LogP contribution in [0, 0.1) is 0 Å². The van der Waals surface area contributed by atoms with Gasteiger partial charge in [-0.15, -0.1) is 0 Å². The standard InChI is InChI=1S/C6H6FNO/c7-9-5-6-3-1-2-4-8-6/h1-4H,5H2. The smallest absolute Gasteiger partial charge is 0.130 e. The maximum Gasteiger partial charge on any atom is 0.130 e. The predicted octanol–water partition coefficient (Wildman–Crippen LogP) is 1.48. The SMILES string of the molecule is FOCc1ccccn1. The maximum atomic E-state index is 11.1. The predicted molar refractivity (Wildman–Crippen MR) is 30.1 cm³/mol. The largest absolute Gasteiger partial charge is 0.259 e. The highest BCUT2D eigenvalue weighted by molar-refractivity contribution is 5.01. The summed E-state index contributed by atoms with van der Waals surface area (Å²) < 4.78 is 11.1. The van der Waals surface area contributed by atoms with Crippen LogP contribution in [0.1, 0.15) is 5.69 Å². The van der Waals surface area contributed by atoms with Crippen molar-refractivity contribution in [3.05, 3.63) is 30.1 Å². The molecular formula is C6H6FNO. The van der Waals surface area contributed by atoms with Crippen LogP contribution in [0.15, 0.2) is 24.4 Å². The van der Waals surface area contributed by atoms with Crippen molar-refractivity contribution in [2.75, 3.05) is 0 Å². The molecule has 1 heterocycles. The van der Waals surface area contributed by atoms with Gasteiger partial charge in [0, 0.05) is 6.20 Å². The molecule has 0 radical (unpaired) electrons. The van der Waals surface area contributed by atoms with Gasteiger partial charge in [0.1, 0.15) is 6.61 Å². The number of hydrogen-bond acceptors (Lipinski definition) is 2. The number of aromatic nitrogens is 1. The topological polar surface area (TPSA) is 22.1 Å². The van der Waals surface area contributed by atoms with Crippen LogP contribution in [0.25, 0.3) is 0 Å². The molecule has 0 aromatic carbocycles. The lowest BCUT2D eigenvalue weighted by atomic mass is 10.4. The van der Waals surface area contributed by atoms with E-state index in [2.05, 4.69) is 9.93 Å². The minimum absolute atomic E-state index is 0.0686. The Bertz CT molecular complexity index is 166. The average Bonchev–Trinajstić information content (AvgIpc) is 1.91. The Morgan fingerprint density at radius 2 is 2.44 bits per heavy atom. The minimum Gasteiger partial charge on any atom is -0.259 e. The van der Waals surface area contributed by atoms with Crippen LogP contribution in [-0.2, 0) is 11.5 Å². The first-order valence-corrected chi connectivity index (χ1v) is 2.57. The lowest BCUT2D eigenvalue weighted by Gasteiger charge is -1.90. The summed E-state index contributed by atoms with van der Waals surface area (Å²) in [7, 11) is 0. The summed E-state index contributed by atoms with van der Waals surface area (Å²) in [4.78, 5) is 7.17. The Morgan fingerprint density at radius 1 is 1.56 bits per heavy atom. The van der Waals surface area contributed by atoms with Crippen LogP contribution in [0.3, 0.4) is 0 Å². The van der Waals surface area contributed by atoms with E-state index in [-0.39, 0.29) is 6.61 Å². The molecule has 2 nitrogen and oxygen atoms in total. The van der Waals surface area contributed by atoms with Crippen LogP contribution < -0.4 is 0 Å². The summed E-state index contributed by atoms with van der Waals surface area (Å²) in [5.74, 6) is 0. The van der Waals surface area contributed by atoms with E-state index < -0.39 is 0 Å². The summed E-state index contributed by atoms with van der Waals surface area (Å²) in [6.07, 6.45) is 1.59. The molecule has 0 aliphatic heterocycles. The van der Waals surface area contributed by atoms with E-state index >= 15 is 0 Å². The molecule has 0 amide bonds. The number of rotatable bonds is 2. The lowest BCUT2D eigenvalue weighted by molar-refractivity contribution is -0.145. The summed E-state index contributed by atoms with van der Waals surface area (Å²) >= 11 is 0. The molecule has 0 unspecified atom stereocenters.